The molecule has 0 saturated carbocycles. The minimum absolute atomic E-state index is 0. The van der Waals surface area contributed by atoms with Crippen LogP contribution in [0.25, 0.3) is 0 Å². The van der Waals surface area contributed by atoms with Crippen molar-refractivity contribution in [3.8, 4) is 0 Å². The van der Waals surface area contributed by atoms with Crippen LogP contribution >= 0.6 is 0 Å². The van der Waals surface area contributed by atoms with Gasteiger partial charge in [0.1, 0.15) is 0 Å². The molecule has 0 atom stereocenters. The summed E-state index contributed by atoms with van der Waals surface area (Å²) >= 11 is 0. The van der Waals surface area contributed by atoms with Gasteiger partial charge in [0.2, 0.25) is 0 Å². The van der Waals surface area contributed by atoms with Gasteiger partial charge in [-0.2, -0.15) is 0 Å². The zero-order valence-corrected chi connectivity index (χ0v) is 16.8. The summed E-state index contributed by atoms with van der Waals surface area (Å²) < 4.78 is 0. The SMILES string of the molecule is O=C([O-])c1ccccc1.O=C([O-])c1ccccc1.O=C([O-])c1ccccc1.[Ir+3]. The van der Waals surface area contributed by atoms with Gasteiger partial charge in [-0.3, -0.25) is 0 Å². The van der Waals surface area contributed by atoms with Crippen LogP contribution in [0.4, 0.5) is 0 Å². The van der Waals surface area contributed by atoms with Gasteiger partial charge < -0.3 is 29.7 Å². The molecule has 6 nitrogen and oxygen atoms in total. The van der Waals surface area contributed by atoms with Crippen molar-refractivity contribution in [3.63, 3.8) is 0 Å². The molecule has 0 aromatic heterocycles. The molecular formula is C21H15IrO6. The molecular weight excluding hydrogens is 540 g/mol. The number of hydrogen-bond donors (Lipinski definition) is 0. The van der Waals surface area contributed by atoms with E-state index in [0.717, 1.165) is 0 Å². The first-order chi connectivity index (χ1) is 12.9. The Morgan fingerprint density at radius 2 is 0.607 bits per heavy atom. The van der Waals surface area contributed by atoms with Gasteiger partial charge in [-0.15, -0.1) is 0 Å². The molecule has 0 N–H and O–H groups in total. The Balaban J connectivity index is 0.000000384. The third kappa shape index (κ3) is 10.0. The predicted molar refractivity (Wildman–Crippen MR) is 92.3 cm³/mol. The number of hydrogen-bond acceptors (Lipinski definition) is 6. The Morgan fingerprint density at radius 3 is 0.714 bits per heavy atom. The van der Waals surface area contributed by atoms with Crippen LogP contribution in [0.1, 0.15) is 31.1 Å². The summed E-state index contributed by atoms with van der Waals surface area (Å²) in [6.45, 7) is 0. The van der Waals surface area contributed by atoms with Crippen LogP contribution in [0.3, 0.4) is 0 Å². The second kappa shape index (κ2) is 13.9. The van der Waals surface area contributed by atoms with E-state index < -0.39 is 17.9 Å². The number of rotatable bonds is 3. The van der Waals surface area contributed by atoms with Gasteiger partial charge in [0.25, 0.3) is 0 Å². The molecule has 0 amide bonds. The molecule has 0 bridgehead atoms. The number of benzene rings is 3. The van der Waals surface area contributed by atoms with E-state index in [1.807, 2.05) is 0 Å². The Hall–Kier alpha value is -3.28. The molecule has 0 heterocycles. The fraction of sp³-hybridized carbons (Fsp3) is 0. The summed E-state index contributed by atoms with van der Waals surface area (Å²) in [4.78, 5) is 30.3. The number of carbonyl (C=O) groups excluding carboxylic acids is 3. The van der Waals surface area contributed by atoms with E-state index in [4.69, 9.17) is 0 Å². The molecule has 144 valence electrons. The molecule has 0 saturated heterocycles. The van der Waals surface area contributed by atoms with Crippen molar-refractivity contribution in [2.75, 3.05) is 0 Å². The van der Waals surface area contributed by atoms with E-state index in [0.29, 0.717) is 0 Å². The molecule has 0 radical (unpaired) electrons. The van der Waals surface area contributed by atoms with Crippen LogP contribution in [0.5, 0.6) is 0 Å². The molecule has 0 spiro atoms. The zero-order valence-electron chi connectivity index (χ0n) is 14.4. The van der Waals surface area contributed by atoms with Crippen molar-refractivity contribution in [2.45, 2.75) is 0 Å². The van der Waals surface area contributed by atoms with E-state index in [9.17, 15) is 29.7 Å². The monoisotopic (exact) mass is 556 g/mol. The quantitative estimate of drug-likeness (QED) is 0.454. The minimum Gasteiger partial charge on any atom is -0.545 e. The Labute approximate surface area is 175 Å². The molecule has 3 rings (SSSR count). The number of carbonyl (C=O) groups is 3. The maximum Gasteiger partial charge on any atom is 3.00 e. The average molecular weight is 556 g/mol. The van der Waals surface area contributed by atoms with E-state index in [1.54, 1.807) is 54.6 Å². The number of carboxylic acids is 3. The molecule has 7 heteroatoms. The minimum atomic E-state index is -1.13. The summed E-state index contributed by atoms with van der Waals surface area (Å²) in [7, 11) is 0. The zero-order chi connectivity index (χ0) is 20.1. The first-order valence-electron chi connectivity index (χ1n) is 7.71. The maximum absolute atomic E-state index is 10.1. The van der Waals surface area contributed by atoms with Crippen molar-refractivity contribution < 1.29 is 49.8 Å². The van der Waals surface area contributed by atoms with Gasteiger partial charge in [-0.25, -0.2) is 0 Å². The van der Waals surface area contributed by atoms with E-state index in [1.165, 1.54) is 36.4 Å². The van der Waals surface area contributed by atoms with Gasteiger partial charge in [-0.1, -0.05) is 91.0 Å². The molecule has 0 aliphatic rings. The predicted octanol–water partition coefficient (Wildman–Crippen LogP) is 0.148. The molecule has 3 aromatic carbocycles. The smallest absolute Gasteiger partial charge is 0.545 e. The fourth-order valence-electron chi connectivity index (χ4n) is 1.72. The van der Waals surface area contributed by atoms with E-state index in [-0.39, 0.29) is 36.8 Å². The van der Waals surface area contributed by atoms with Crippen LogP contribution in [-0.4, -0.2) is 17.9 Å². The Bertz CT molecular complexity index is 734. The topological polar surface area (TPSA) is 120 Å². The van der Waals surface area contributed by atoms with Crippen molar-refractivity contribution in [2.24, 2.45) is 0 Å². The van der Waals surface area contributed by atoms with Crippen LogP contribution in [0, 0.1) is 0 Å². The molecule has 0 fully saturated rings. The van der Waals surface area contributed by atoms with Crippen molar-refractivity contribution in [1.29, 1.82) is 0 Å². The second-order valence-corrected chi connectivity index (χ2v) is 4.96. The molecule has 0 aliphatic carbocycles. The largest absolute Gasteiger partial charge is 3.00 e. The van der Waals surface area contributed by atoms with Crippen molar-refractivity contribution in [1.82, 2.24) is 0 Å². The molecule has 3 aromatic rings. The summed E-state index contributed by atoms with van der Waals surface area (Å²) in [5, 5.41) is 30.3. The van der Waals surface area contributed by atoms with Crippen LogP contribution in [0.2, 0.25) is 0 Å². The van der Waals surface area contributed by atoms with Crippen molar-refractivity contribution in [3.05, 3.63) is 108 Å². The number of carboxylic acid groups (broad SMARTS) is 3. The van der Waals surface area contributed by atoms with Crippen LogP contribution in [0.15, 0.2) is 91.0 Å². The molecule has 28 heavy (non-hydrogen) atoms. The third-order valence-electron chi connectivity index (χ3n) is 3.03. The first kappa shape index (κ1) is 24.7. The van der Waals surface area contributed by atoms with E-state index >= 15 is 0 Å². The average Bonchev–Trinajstić information content (AvgIpc) is 2.71. The van der Waals surface area contributed by atoms with Crippen molar-refractivity contribution >= 4 is 17.9 Å². The molecule has 0 unspecified atom stereocenters. The van der Waals surface area contributed by atoms with Gasteiger partial charge in [0, 0.05) is 0 Å². The standard InChI is InChI=1S/3C7H6O2.Ir/c3*8-7(9)6-4-2-1-3-5-6;/h3*1-5H,(H,8,9);/q;;;+3/p-3. The first-order valence-corrected chi connectivity index (χ1v) is 7.71. The van der Waals surface area contributed by atoms with E-state index in [2.05, 4.69) is 0 Å². The summed E-state index contributed by atoms with van der Waals surface area (Å²) in [5.74, 6) is -3.39. The maximum atomic E-state index is 10.1. The van der Waals surface area contributed by atoms with Gasteiger partial charge in [-0.05, 0) is 16.7 Å². The van der Waals surface area contributed by atoms with Gasteiger partial charge >= 0.3 is 20.1 Å². The Kier molecular flexibility index (Phi) is 12.2. The van der Waals surface area contributed by atoms with Gasteiger partial charge in [0.05, 0.1) is 17.9 Å². The normalized spacial score (nSPS) is 8.57. The summed E-state index contributed by atoms with van der Waals surface area (Å²) in [6.07, 6.45) is 0. The summed E-state index contributed by atoms with van der Waals surface area (Å²) in [5.41, 5.74) is 0.660. The Morgan fingerprint density at radius 1 is 0.429 bits per heavy atom. The fourth-order valence-corrected chi connectivity index (χ4v) is 1.72. The van der Waals surface area contributed by atoms with Crippen LogP contribution < -0.4 is 15.3 Å². The summed E-state index contributed by atoms with van der Waals surface area (Å²) in [6, 6.07) is 24.2. The van der Waals surface area contributed by atoms with Gasteiger partial charge in [0.15, 0.2) is 0 Å². The number of aromatic carboxylic acids is 3. The third-order valence-corrected chi connectivity index (χ3v) is 3.03. The molecule has 0 aliphatic heterocycles. The van der Waals surface area contributed by atoms with Crippen LogP contribution in [-0.2, 0) is 20.1 Å². The second-order valence-electron chi connectivity index (χ2n) is 4.96.